The van der Waals surface area contributed by atoms with Gasteiger partial charge in [-0.25, -0.2) is 15.0 Å². The van der Waals surface area contributed by atoms with Crippen molar-refractivity contribution in [3.8, 4) is 73.2 Å². The zero-order valence-electron chi connectivity index (χ0n) is 33.5. The van der Waals surface area contributed by atoms with Crippen LogP contribution in [-0.4, -0.2) is 19.5 Å². The molecule has 5 heteroatoms. The minimum Gasteiger partial charge on any atom is -0.456 e. The summed E-state index contributed by atoms with van der Waals surface area (Å²) in [5.41, 5.74) is 14.6. The maximum atomic E-state index is 6.59. The Morgan fingerprint density at radius 2 is 0.774 bits per heavy atom. The molecule has 0 amide bonds. The third-order valence-corrected chi connectivity index (χ3v) is 11.9. The van der Waals surface area contributed by atoms with E-state index < -0.39 is 0 Å². The molecule has 0 atom stereocenters. The van der Waals surface area contributed by atoms with Gasteiger partial charge in [0, 0.05) is 49.5 Å². The summed E-state index contributed by atoms with van der Waals surface area (Å²) in [6.07, 6.45) is 0. The average Bonchev–Trinajstić information content (AvgIpc) is 3.90. The largest absolute Gasteiger partial charge is 0.456 e. The van der Waals surface area contributed by atoms with Gasteiger partial charge in [-0.05, 0) is 88.5 Å². The van der Waals surface area contributed by atoms with Crippen LogP contribution in [0, 0.1) is 0 Å². The standard InChI is InChI=1S/C57H36N4O/c1-4-14-37(15-5-1)41-20-12-21-44(34-41)57-59-55(39-18-8-3-9-19-39)58-56(60-57)40-26-30-45(31-27-40)61-51-25-11-10-22-47(51)50-24-13-23-46(54(50)61)43-29-33-49-48-32-28-42(38-16-6-2-7-17-38)35-52(48)62-53(49)36-43/h1-36H. The summed E-state index contributed by atoms with van der Waals surface area (Å²) in [4.78, 5) is 15.2. The maximum absolute atomic E-state index is 6.59. The van der Waals surface area contributed by atoms with Gasteiger partial charge in [0.2, 0.25) is 0 Å². The van der Waals surface area contributed by atoms with Gasteiger partial charge in [-0.15, -0.1) is 0 Å². The Morgan fingerprint density at radius 1 is 0.306 bits per heavy atom. The first-order chi connectivity index (χ1) is 30.7. The molecule has 5 nitrogen and oxygen atoms in total. The van der Waals surface area contributed by atoms with E-state index in [2.05, 4.69) is 180 Å². The molecule has 0 fully saturated rings. The Morgan fingerprint density at radius 3 is 1.45 bits per heavy atom. The van der Waals surface area contributed by atoms with Crippen molar-refractivity contribution in [1.29, 1.82) is 0 Å². The van der Waals surface area contributed by atoms with Gasteiger partial charge in [-0.2, -0.15) is 0 Å². The van der Waals surface area contributed by atoms with E-state index in [4.69, 9.17) is 19.4 Å². The SMILES string of the molecule is c1ccc(-c2cccc(-c3nc(-c4ccccc4)nc(-c4ccc(-n5c6ccccc6c6cccc(-c7ccc8c(c7)oc7cc(-c9ccccc9)ccc78)c65)cc4)n3)c2)cc1. The molecule has 9 aromatic carbocycles. The monoisotopic (exact) mass is 792 g/mol. The highest BCUT2D eigenvalue weighted by molar-refractivity contribution is 6.14. The molecule has 0 radical (unpaired) electrons. The molecule has 0 saturated carbocycles. The van der Waals surface area contributed by atoms with E-state index in [1.807, 2.05) is 42.5 Å². The van der Waals surface area contributed by atoms with E-state index in [1.165, 1.54) is 16.3 Å². The normalized spacial score (nSPS) is 11.5. The molecule has 0 aliphatic rings. The molecular weight excluding hydrogens is 757 g/mol. The lowest BCUT2D eigenvalue weighted by Crippen LogP contribution is -2.01. The summed E-state index contributed by atoms with van der Waals surface area (Å²) in [6.45, 7) is 0. The zero-order chi connectivity index (χ0) is 41.0. The molecule has 0 aliphatic heterocycles. The first-order valence-electron chi connectivity index (χ1n) is 20.8. The summed E-state index contributed by atoms with van der Waals surface area (Å²) in [7, 11) is 0. The maximum Gasteiger partial charge on any atom is 0.164 e. The van der Waals surface area contributed by atoms with Gasteiger partial charge in [0.05, 0.1) is 11.0 Å². The lowest BCUT2D eigenvalue weighted by molar-refractivity contribution is 0.669. The fourth-order valence-corrected chi connectivity index (χ4v) is 8.85. The summed E-state index contributed by atoms with van der Waals surface area (Å²) in [5, 5.41) is 4.60. The predicted octanol–water partition coefficient (Wildman–Crippen LogP) is 14.9. The van der Waals surface area contributed by atoms with E-state index in [9.17, 15) is 0 Å². The molecule has 0 spiro atoms. The molecule has 3 aromatic heterocycles. The van der Waals surface area contributed by atoms with Crippen molar-refractivity contribution >= 4 is 43.7 Å². The van der Waals surface area contributed by atoms with E-state index in [0.29, 0.717) is 17.5 Å². The second kappa shape index (κ2) is 14.7. The number of fused-ring (bicyclic) bond motifs is 6. The van der Waals surface area contributed by atoms with Crippen molar-refractivity contribution in [3.63, 3.8) is 0 Å². The highest BCUT2D eigenvalue weighted by atomic mass is 16.3. The molecular formula is C57H36N4O. The number of para-hydroxylation sites is 2. The van der Waals surface area contributed by atoms with E-state index in [0.717, 1.165) is 83.2 Å². The molecule has 3 heterocycles. The number of nitrogens with zero attached hydrogens (tertiary/aromatic N) is 4. The van der Waals surface area contributed by atoms with Crippen LogP contribution < -0.4 is 0 Å². The summed E-state index contributed by atoms with van der Waals surface area (Å²) >= 11 is 0. The smallest absolute Gasteiger partial charge is 0.164 e. The Bertz CT molecular complexity index is 3610. The van der Waals surface area contributed by atoms with Gasteiger partial charge < -0.3 is 8.98 Å². The predicted molar refractivity (Wildman–Crippen MR) is 254 cm³/mol. The molecule has 0 N–H and O–H groups in total. The van der Waals surface area contributed by atoms with Crippen molar-refractivity contribution in [1.82, 2.24) is 19.5 Å². The zero-order valence-corrected chi connectivity index (χ0v) is 33.5. The molecule has 0 unspecified atom stereocenters. The van der Waals surface area contributed by atoms with Crippen molar-refractivity contribution < 1.29 is 4.42 Å². The van der Waals surface area contributed by atoms with Crippen LogP contribution in [0.25, 0.3) is 117 Å². The number of furan rings is 1. The molecule has 0 saturated heterocycles. The fraction of sp³-hybridized carbons (Fsp3) is 0. The second-order valence-electron chi connectivity index (χ2n) is 15.6. The van der Waals surface area contributed by atoms with Gasteiger partial charge in [0.15, 0.2) is 17.5 Å². The fourth-order valence-electron chi connectivity index (χ4n) is 8.85. The molecule has 290 valence electrons. The van der Waals surface area contributed by atoms with E-state index in [-0.39, 0.29) is 0 Å². The molecule has 62 heavy (non-hydrogen) atoms. The van der Waals surface area contributed by atoms with Crippen LogP contribution in [0.1, 0.15) is 0 Å². The van der Waals surface area contributed by atoms with Crippen LogP contribution in [0.2, 0.25) is 0 Å². The summed E-state index contributed by atoms with van der Waals surface area (Å²) in [6, 6.07) is 76.3. The Labute approximate surface area is 357 Å². The molecule has 0 bridgehead atoms. The van der Waals surface area contributed by atoms with Gasteiger partial charge in [0.25, 0.3) is 0 Å². The lowest BCUT2D eigenvalue weighted by Gasteiger charge is -2.13. The topological polar surface area (TPSA) is 56.7 Å². The molecule has 0 aliphatic carbocycles. The lowest BCUT2D eigenvalue weighted by atomic mass is 10.00. The van der Waals surface area contributed by atoms with Crippen molar-refractivity contribution in [2.45, 2.75) is 0 Å². The number of rotatable bonds is 7. The first kappa shape index (κ1) is 35.5. The minimum absolute atomic E-state index is 0.614. The highest BCUT2D eigenvalue weighted by Gasteiger charge is 2.19. The van der Waals surface area contributed by atoms with Crippen LogP contribution in [-0.2, 0) is 0 Å². The number of hydrogen-bond donors (Lipinski definition) is 0. The third kappa shape index (κ3) is 6.14. The quantitative estimate of drug-likeness (QED) is 0.161. The third-order valence-electron chi connectivity index (χ3n) is 11.9. The van der Waals surface area contributed by atoms with E-state index >= 15 is 0 Å². The Hall–Kier alpha value is -8.41. The highest BCUT2D eigenvalue weighted by Crippen LogP contribution is 2.41. The van der Waals surface area contributed by atoms with Crippen LogP contribution in [0.4, 0.5) is 0 Å². The van der Waals surface area contributed by atoms with Gasteiger partial charge >= 0.3 is 0 Å². The van der Waals surface area contributed by atoms with Gasteiger partial charge in [0.1, 0.15) is 11.2 Å². The average molecular weight is 793 g/mol. The molecule has 12 aromatic rings. The Balaban J connectivity index is 0.970. The minimum atomic E-state index is 0.614. The summed E-state index contributed by atoms with van der Waals surface area (Å²) < 4.78 is 8.97. The number of benzene rings is 9. The van der Waals surface area contributed by atoms with Gasteiger partial charge in [-0.1, -0.05) is 158 Å². The second-order valence-corrected chi connectivity index (χ2v) is 15.6. The first-order valence-corrected chi connectivity index (χ1v) is 20.8. The van der Waals surface area contributed by atoms with Crippen LogP contribution >= 0.6 is 0 Å². The number of hydrogen-bond acceptors (Lipinski definition) is 4. The van der Waals surface area contributed by atoms with Crippen LogP contribution in [0.15, 0.2) is 223 Å². The van der Waals surface area contributed by atoms with Crippen LogP contribution in [0.3, 0.4) is 0 Å². The van der Waals surface area contributed by atoms with Crippen molar-refractivity contribution in [2.24, 2.45) is 0 Å². The van der Waals surface area contributed by atoms with E-state index in [1.54, 1.807) is 0 Å². The summed E-state index contributed by atoms with van der Waals surface area (Å²) in [5.74, 6) is 1.87. The molecule has 12 rings (SSSR count). The van der Waals surface area contributed by atoms with Crippen molar-refractivity contribution in [2.75, 3.05) is 0 Å². The van der Waals surface area contributed by atoms with Crippen LogP contribution in [0.5, 0.6) is 0 Å². The van der Waals surface area contributed by atoms with Gasteiger partial charge in [-0.3, -0.25) is 0 Å². The van der Waals surface area contributed by atoms with Crippen molar-refractivity contribution in [3.05, 3.63) is 218 Å². The number of aromatic nitrogens is 4. The Kier molecular flexibility index (Phi) is 8.42.